The first kappa shape index (κ1) is 14.0. The molecule has 1 aromatic rings. The lowest BCUT2D eigenvalue weighted by atomic mass is 9.85. The smallest absolute Gasteiger partial charge is 0.125 e. The molecule has 0 saturated heterocycles. The maximum atomic E-state index is 5.88. The Hall–Kier alpha value is -0.450. The average Bonchev–Trinajstić information content (AvgIpc) is 2.84. The van der Waals surface area contributed by atoms with Crippen molar-refractivity contribution >= 4 is 11.3 Å². The minimum Gasteiger partial charge on any atom is -0.371 e. The third-order valence-electron chi connectivity index (χ3n) is 3.89. The van der Waals surface area contributed by atoms with Crippen LogP contribution in [0.1, 0.15) is 54.6 Å². The summed E-state index contributed by atoms with van der Waals surface area (Å²) in [4.78, 5) is 6.24. The monoisotopic (exact) mass is 268 g/mol. The standard InChI is InChI=1S/C14H24N2OS/c1-4-11-12(10-15-2)18-13(16-11)14(17-3)8-6-5-7-9-14/h15H,4-10H2,1-3H3. The molecule has 0 bridgehead atoms. The Bertz CT molecular complexity index is 383. The van der Waals surface area contributed by atoms with E-state index < -0.39 is 0 Å². The van der Waals surface area contributed by atoms with Crippen LogP contribution < -0.4 is 5.32 Å². The summed E-state index contributed by atoms with van der Waals surface area (Å²) in [7, 11) is 3.83. The van der Waals surface area contributed by atoms with Gasteiger partial charge in [-0.25, -0.2) is 4.98 Å². The highest BCUT2D eigenvalue weighted by Crippen LogP contribution is 2.42. The second kappa shape index (κ2) is 6.13. The van der Waals surface area contributed by atoms with E-state index >= 15 is 0 Å². The van der Waals surface area contributed by atoms with Crippen LogP contribution in [0.4, 0.5) is 0 Å². The first-order valence-corrected chi connectivity index (χ1v) is 7.76. The van der Waals surface area contributed by atoms with Gasteiger partial charge in [0.1, 0.15) is 10.6 Å². The minimum atomic E-state index is -0.0984. The average molecular weight is 268 g/mol. The van der Waals surface area contributed by atoms with Gasteiger partial charge in [-0.1, -0.05) is 26.2 Å². The summed E-state index contributed by atoms with van der Waals surface area (Å²) in [6.45, 7) is 3.10. The molecule has 102 valence electrons. The Kier molecular flexibility index (Phi) is 4.76. The normalized spacial score (nSPS) is 19.1. The lowest BCUT2D eigenvalue weighted by Crippen LogP contribution is -2.30. The van der Waals surface area contributed by atoms with Crippen LogP contribution in [-0.4, -0.2) is 19.1 Å². The second-order valence-corrected chi connectivity index (χ2v) is 6.12. The number of nitrogens with zero attached hydrogens (tertiary/aromatic N) is 1. The molecule has 1 fully saturated rings. The van der Waals surface area contributed by atoms with Crippen molar-refractivity contribution < 1.29 is 4.74 Å². The van der Waals surface area contributed by atoms with E-state index in [0.717, 1.165) is 25.8 Å². The lowest BCUT2D eigenvalue weighted by Gasteiger charge is -2.34. The van der Waals surface area contributed by atoms with Crippen LogP contribution in [0.25, 0.3) is 0 Å². The molecule has 1 saturated carbocycles. The molecule has 2 rings (SSSR count). The van der Waals surface area contributed by atoms with E-state index in [2.05, 4.69) is 12.2 Å². The topological polar surface area (TPSA) is 34.1 Å². The van der Waals surface area contributed by atoms with Crippen LogP contribution in [-0.2, 0) is 23.3 Å². The minimum absolute atomic E-state index is 0.0984. The SMILES string of the molecule is CCc1nc(C2(OC)CCCCC2)sc1CNC. The largest absolute Gasteiger partial charge is 0.371 e. The van der Waals surface area contributed by atoms with E-state index in [1.54, 1.807) is 0 Å². The third kappa shape index (κ3) is 2.60. The van der Waals surface area contributed by atoms with Gasteiger partial charge in [0.05, 0.1) is 5.69 Å². The number of aryl methyl sites for hydroxylation is 1. The van der Waals surface area contributed by atoms with Crippen molar-refractivity contribution in [1.29, 1.82) is 0 Å². The van der Waals surface area contributed by atoms with Gasteiger partial charge in [0.2, 0.25) is 0 Å². The molecule has 3 nitrogen and oxygen atoms in total. The number of ether oxygens (including phenoxy) is 1. The van der Waals surface area contributed by atoms with Gasteiger partial charge in [-0.2, -0.15) is 0 Å². The van der Waals surface area contributed by atoms with Crippen LogP contribution in [0, 0.1) is 0 Å². The number of hydrogen-bond acceptors (Lipinski definition) is 4. The molecule has 0 atom stereocenters. The summed E-state index contributed by atoms with van der Waals surface area (Å²) in [5.41, 5.74) is 1.14. The highest BCUT2D eigenvalue weighted by molar-refractivity contribution is 7.11. The van der Waals surface area contributed by atoms with Gasteiger partial charge in [-0.05, 0) is 26.3 Å². The fraction of sp³-hybridized carbons (Fsp3) is 0.786. The molecule has 0 aromatic carbocycles. The molecule has 1 aliphatic carbocycles. The Balaban J connectivity index is 2.30. The van der Waals surface area contributed by atoms with E-state index in [9.17, 15) is 0 Å². The van der Waals surface area contributed by atoms with Crippen molar-refractivity contribution in [2.75, 3.05) is 14.2 Å². The summed E-state index contributed by atoms with van der Waals surface area (Å²) in [5, 5.41) is 4.44. The Morgan fingerprint density at radius 3 is 2.61 bits per heavy atom. The van der Waals surface area contributed by atoms with Crippen molar-refractivity contribution in [3.63, 3.8) is 0 Å². The zero-order chi connectivity index (χ0) is 13.0. The molecule has 0 aliphatic heterocycles. The van der Waals surface area contributed by atoms with Crippen LogP contribution in [0.15, 0.2) is 0 Å². The van der Waals surface area contributed by atoms with Crippen molar-refractivity contribution in [3.05, 3.63) is 15.6 Å². The van der Waals surface area contributed by atoms with Crippen LogP contribution >= 0.6 is 11.3 Å². The molecule has 1 heterocycles. The van der Waals surface area contributed by atoms with E-state index in [1.165, 1.54) is 34.8 Å². The molecule has 4 heteroatoms. The Morgan fingerprint density at radius 1 is 1.33 bits per heavy atom. The maximum absolute atomic E-state index is 5.88. The van der Waals surface area contributed by atoms with Crippen molar-refractivity contribution in [1.82, 2.24) is 10.3 Å². The molecule has 18 heavy (non-hydrogen) atoms. The van der Waals surface area contributed by atoms with Gasteiger partial charge < -0.3 is 10.1 Å². The van der Waals surface area contributed by atoms with Gasteiger partial charge in [0.15, 0.2) is 0 Å². The summed E-state index contributed by atoms with van der Waals surface area (Å²) in [6.07, 6.45) is 7.11. The molecule has 1 N–H and O–H groups in total. The number of aromatic nitrogens is 1. The highest BCUT2D eigenvalue weighted by atomic mass is 32.1. The number of hydrogen-bond donors (Lipinski definition) is 1. The van der Waals surface area contributed by atoms with E-state index in [4.69, 9.17) is 9.72 Å². The Morgan fingerprint density at radius 2 is 2.06 bits per heavy atom. The van der Waals surface area contributed by atoms with Crippen molar-refractivity contribution in [2.24, 2.45) is 0 Å². The van der Waals surface area contributed by atoms with E-state index in [1.807, 2.05) is 25.5 Å². The van der Waals surface area contributed by atoms with Crippen LogP contribution in [0.5, 0.6) is 0 Å². The first-order chi connectivity index (χ1) is 8.75. The van der Waals surface area contributed by atoms with Crippen molar-refractivity contribution in [2.45, 2.75) is 57.6 Å². The number of nitrogens with one attached hydrogen (secondary N) is 1. The number of methoxy groups -OCH3 is 1. The zero-order valence-electron chi connectivity index (χ0n) is 11.7. The van der Waals surface area contributed by atoms with Gasteiger partial charge in [-0.15, -0.1) is 11.3 Å². The van der Waals surface area contributed by atoms with Gasteiger partial charge in [0.25, 0.3) is 0 Å². The molecule has 0 spiro atoms. The zero-order valence-corrected chi connectivity index (χ0v) is 12.5. The summed E-state index contributed by atoms with van der Waals surface area (Å²) in [6, 6.07) is 0. The summed E-state index contributed by atoms with van der Waals surface area (Å²) in [5.74, 6) is 0. The highest BCUT2D eigenvalue weighted by Gasteiger charge is 2.37. The van der Waals surface area contributed by atoms with Crippen LogP contribution in [0.3, 0.4) is 0 Å². The molecular formula is C14H24N2OS. The quantitative estimate of drug-likeness (QED) is 0.890. The molecule has 1 aromatic heterocycles. The third-order valence-corrected chi connectivity index (χ3v) is 5.18. The van der Waals surface area contributed by atoms with Gasteiger partial charge in [0, 0.05) is 18.5 Å². The summed E-state index contributed by atoms with van der Waals surface area (Å²) >= 11 is 1.84. The second-order valence-electron chi connectivity index (χ2n) is 5.03. The van der Waals surface area contributed by atoms with Crippen LogP contribution in [0.2, 0.25) is 0 Å². The molecule has 1 aliphatic rings. The predicted molar refractivity (Wildman–Crippen MR) is 76.0 cm³/mol. The predicted octanol–water partition coefficient (Wildman–Crippen LogP) is 3.23. The molecular weight excluding hydrogens is 244 g/mol. The van der Waals surface area contributed by atoms with E-state index in [0.29, 0.717) is 0 Å². The lowest BCUT2D eigenvalue weighted by molar-refractivity contribution is -0.0447. The summed E-state index contributed by atoms with van der Waals surface area (Å²) < 4.78 is 5.88. The fourth-order valence-electron chi connectivity index (χ4n) is 2.78. The first-order valence-electron chi connectivity index (χ1n) is 6.94. The van der Waals surface area contributed by atoms with Crippen molar-refractivity contribution in [3.8, 4) is 0 Å². The van der Waals surface area contributed by atoms with Gasteiger partial charge >= 0.3 is 0 Å². The molecule has 0 radical (unpaired) electrons. The molecule has 0 amide bonds. The van der Waals surface area contributed by atoms with E-state index in [-0.39, 0.29) is 5.60 Å². The number of thiazole rings is 1. The fourth-order valence-corrected chi connectivity index (χ4v) is 4.17. The number of rotatable bonds is 5. The van der Waals surface area contributed by atoms with Gasteiger partial charge in [-0.3, -0.25) is 0 Å². The Labute approximate surface area is 114 Å². The molecule has 0 unspecified atom stereocenters. The maximum Gasteiger partial charge on any atom is 0.125 e.